The molecule has 20 heavy (non-hydrogen) atoms. The summed E-state index contributed by atoms with van der Waals surface area (Å²) in [4.78, 5) is 13.7. The van der Waals surface area contributed by atoms with Crippen molar-refractivity contribution in [3.63, 3.8) is 0 Å². The fraction of sp³-hybridized carbons (Fsp3) is 0.462. The second-order valence-corrected chi connectivity index (χ2v) is 5.46. The predicted octanol–water partition coefficient (Wildman–Crippen LogP) is 3.15. The molecule has 3 nitrogen and oxygen atoms in total. The molecule has 112 valence electrons. The Morgan fingerprint density at radius 2 is 2.00 bits per heavy atom. The van der Waals surface area contributed by atoms with Gasteiger partial charge in [-0.1, -0.05) is 15.9 Å². The van der Waals surface area contributed by atoms with Crippen molar-refractivity contribution in [3.05, 3.63) is 33.8 Å². The fourth-order valence-corrected chi connectivity index (χ4v) is 2.05. The number of halogens is 4. The van der Waals surface area contributed by atoms with Gasteiger partial charge in [-0.05, 0) is 45.3 Å². The first kappa shape index (κ1) is 17.0. The summed E-state index contributed by atoms with van der Waals surface area (Å²) in [5.41, 5.74) is -0.844. The van der Waals surface area contributed by atoms with Crippen molar-refractivity contribution in [1.29, 1.82) is 0 Å². The first-order valence-corrected chi connectivity index (χ1v) is 6.81. The van der Waals surface area contributed by atoms with E-state index in [1.807, 2.05) is 19.0 Å². The van der Waals surface area contributed by atoms with Gasteiger partial charge in [0.2, 0.25) is 0 Å². The number of amides is 1. The Hall–Kier alpha value is -1.08. The van der Waals surface area contributed by atoms with Gasteiger partial charge < -0.3 is 10.2 Å². The van der Waals surface area contributed by atoms with Gasteiger partial charge >= 0.3 is 6.18 Å². The lowest BCUT2D eigenvalue weighted by Gasteiger charge is -2.12. The van der Waals surface area contributed by atoms with Crippen LogP contribution < -0.4 is 5.32 Å². The van der Waals surface area contributed by atoms with E-state index in [0.29, 0.717) is 6.54 Å². The van der Waals surface area contributed by atoms with Crippen LogP contribution in [0.3, 0.4) is 0 Å². The van der Waals surface area contributed by atoms with Crippen LogP contribution in [0.4, 0.5) is 13.2 Å². The average molecular weight is 353 g/mol. The van der Waals surface area contributed by atoms with Gasteiger partial charge in [0.15, 0.2) is 0 Å². The van der Waals surface area contributed by atoms with Crippen LogP contribution in [-0.2, 0) is 6.18 Å². The Balaban J connectivity index is 2.70. The van der Waals surface area contributed by atoms with Gasteiger partial charge in [-0.25, -0.2) is 0 Å². The molecular weight excluding hydrogens is 337 g/mol. The number of hydrogen-bond donors (Lipinski definition) is 1. The van der Waals surface area contributed by atoms with Crippen molar-refractivity contribution >= 4 is 21.8 Å². The summed E-state index contributed by atoms with van der Waals surface area (Å²) < 4.78 is 38.1. The number of benzene rings is 1. The Morgan fingerprint density at radius 3 is 2.55 bits per heavy atom. The van der Waals surface area contributed by atoms with E-state index in [4.69, 9.17) is 0 Å². The number of hydrogen-bond acceptors (Lipinski definition) is 2. The van der Waals surface area contributed by atoms with Gasteiger partial charge in [0.05, 0.1) is 5.56 Å². The molecule has 0 bridgehead atoms. The van der Waals surface area contributed by atoms with Crippen molar-refractivity contribution in [3.8, 4) is 0 Å². The molecule has 0 aliphatic heterocycles. The van der Waals surface area contributed by atoms with Gasteiger partial charge in [0.25, 0.3) is 5.91 Å². The SMILES string of the molecule is CN(C)CCCNC(=O)c1ccc(Br)c(C(F)(F)F)c1. The molecule has 1 rings (SSSR count). The minimum Gasteiger partial charge on any atom is -0.352 e. The molecule has 7 heteroatoms. The lowest BCUT2D eigenvalue weighted by atomic mass is 10.1. The number of alkyl halides is 3. The highest BCUT2D eigenvalue weighted by molar-refractivity contribution is 9.10. The van der Waals surface area contributed by atoms with E-state index in [0.717, 1.165) is 19.0 Å². The van der Waals surface area contributed by atoms with Crippen LogP contribution in [0.1, 0.15) is 22.3 Å². The topological polar surface area (TPSA) is 32.3 Å². The zero-order valence-electron chi connectivity index (χ0n) is 11.2. The highest BCUT2D eigenvalue weighted by Gasteiger charge is 2.33. The number of rotatable bonds is 5. The molecule has 1 N–H and O–H groups in total. The van der Waals surface area contributed by atoms with Gasteiger partial charge in [-0.2, -0.15) is 13.2 Å². The Kier molecular flexibility index (Phi) is 6.01. The molecule has 0 unspecified atom stereocenters. The molecule has 0 saturated heterocycles. The summed E-state index contributed by atoms with van der Waals surface area (Å²) in [5.74, 6) is -0.498. The molecule has 0 heterocycles. The summed E-state index contributed by atoms with van der Waals surface area (Å²) >= 11 is 2.84. The summed E-state index contributed by atoms with van der Waals surface area (Å²) in [5, 5.41) is 2.60. The zero-order valence-corrected chi connectivity index (χ0v) is 12.8. The van der Waals surface area contributed by atoms with E-state index < -0.39 is 17.6 Å². The maximum atomic E-state index is 12.7. The number of nitrogens with one attached hydrogen (secondary N) is 1. The van der Waals surface area contributed by atoms with Crippen molar-refractivity contribution in [2.75, 3.05) is 27.2 Å². The van der Waals surface area contributed by atoms with Gasteiger partial charge in [0.1, 0.15) is 0 Å². The van der Waals surface area contributed by atoms with E-state index in [9.17, 15) is 18.0 Å². The second-order valence-electron chi connectivity index (χ2n) is 4.61. The summed E-state index contributed by atoms with van der Waals surface area (Å²) in [6.45, 7) is 1.23. The Morgan fingerprint density at radius 1 is 1.35 bits per heavy atom. The largest absolute Gasteiger partial charge is 0.417 e. The smallest absolute Gasteiger partial charge is 0.352 e. The molecule has 0 atom stereocenters. The highest BCUT2D eigenvalue weighted by Crippen LogP contribution is 2.35. The minimum absolute atomic E-state index is 0.00498. The van der Waals surface area contributed by atoms with Gasteiger partial charge in [0, 0.05) is 16.6 Å². The van der Waals surface area contributed by atoms with Crippen LogP contribution in [-0.4, -0.2) is 38.0 Å². The van der Waals surface area contributed by atoms with E-state index >= 15 is 0 Å². The van der Waals surface area contributed by atoms with Crippen LogP contribution in [0, 0.1) is 0 Å². The van der Waals surface area contributed by atoms with Crippen molar-refractivity contribution in [2.45, 2.75) is 12.6 Å². The standard InChI is InChI=1S/C13H16BrF3N2O/c1-19(2)7-3-6-18-12(20)9-4-5-11(14)10(8-9)13(15,16)17/h4-5,8H,3,6-7H2,1-2H3,(H,18,20). The predicted molar refractivity (Wildman–Crippen MR) is 74.6 cm³/mol. The first-order chi connectivity index (χ1) is 9.21. The molecule has 1 aromatic carbocycles. The van der Waals surface area contributed by atoms with Crippen LogP contribution in [0.5, 0.6) is 0 Å². The number of nitrogens with zero attached hydrogens (tertiary/aromatic N) is 1. The molecule has 1 amide bonds. The Labute approximate surface area is 124 Å². The third-order valence-electron chi connectivity index (χ3n) is 2.60. The van der Waals surface area contributed by atoms with Gasteiger partial charge in [-0.15, -0.1) is 0 Å². The van der Waals surface area contributed by atoms with E-state index in [1.54, 1.807) is 0 Å². The van der Waals surface area contributed by atoms with Crippen molar-refractivity contribution < 1.29 is 18.0 Å². The lowest BCUT2D eigenvalue weighted by molar-refractivity contribution is -0.138. The number of carbonyl (C=O) groups excluding carboxylic acids is 1. The first-order valence-electron chi connectivity index (χ1n) is 6.01. The molecule has 1 aromatic rings. The summed E-state index contributed by atoms with van der Waals surface area (Å²) in [6.07, 6.45) is -3.75. The van der Waals surface area contributed by atoms with Crippen LogP contribution in [0.15, 0.2) is 22.7 Å². The highest BCUT2D eigenvalue weighted by atomic mass is 79.9. The molecule has 0 aromatic heterocycles. The molecule has 0 spiro atoms. The molecule has 0 fully saturated rings. The summed E-state index contributed by atoms with van der Waals surface area (Å²) in [7, 11) is 3.82. The van der Waals surface area contributed by atoms with Gasteiger partial charge in [-0.3, -0.25) is 4.79 Å². The van der Waals surface area contributed by atoms with Crippen molar-refractivity contribution in [2.24, 2.45) is 0 Å². The zero-order chi connectivity index (χ0) is 15.3. The monoisotopic (exact) mass is 352 g/mol. The van der Waals surface area contributed by atoms with Crippen LogP contribution in [0.2, 0.25) is 0 Å². The molecule has 0 saturated carbocycles. The fourth-order valence-electron chi connectivity index (χ4n) is 1.58. The lowest BCUT2D eigenvalue weighted by Crippen LogP contribution is -2.27. The van der Waals surface area contributed by atoms with E-state index in [1.165, 1.54) is 12.1 Å². The molecule has 0 radical (unpaired) electrons. The van der Waals surface area contributed by atoms with Crippen LogP contribution in [0.25, 0.3) is 0 Å². The molecule has 0 aliphatic carbocycles. The maximum Gasteiger partial charge on any atom is 0.417 e. The second kappa shape index (κ2) is 7.08. The van der Waals surface area contributed by atoms with Crippen LogP contribution >= 0.6 is 15.9 Å². The third kappa shape index (κ3) is 5.13. The normalized spacial score (nSPS) is 11.8. The Bertz CT molecular complexity index is 475. The average Bonchev–Trinajstić information content (AvgIpc) is 2.33. The quantitative estimate of drug-likeness (QED) is 0.825. The molecular formula is C13H16BrF3N2O. The van der Waals surface area contributed by atoms with E-state index in [-0.39, 0.29) is 10.0 Å². The molecule has 0 aliphatic rings. The summed E-state index contributed by atoms with van der Waals surface area (Å²) in [6, 6.07) is 3.45. The third-order valence-corrected chi connectivity index (χ3v) is 3.29. The van der Waals surface area contributed by atoms with E-state index in [2.05, 4.69) is 21.2 Å². The number of carbonyl (C=O) groups is 1. The van der Waals surface area contributed by atoms with Crippen molar-refractivity contribution in [1.82, 2.24) is 10.2 Å². The maximum absolute atomic E-state index is 12.7. The minimum atomic E-state index is -4.49.